The summed E-state index contributed by atoms with van der Waals surface area (Å²) in [6.45, 7) is 1.79. The van der Waals surface area contributed by atoms with Crippen LogP contribution in [0, 0.1) is 0 Å². The molecule has 234 valence electrons. The molecule has 1 saturated carbocycles. The summed E-state index contributed by atoms with van der Waals surface area (Å²) in [4.78, 5) is 64.2. The zero-order valence-corrected chi connectivity index (χ0v) is 24.9. The van der Waals surface area contributed by atoms with Crippen molar-refractivity contribution in [2.45, 2.75) is 121 Å². The molecule has 11 heteroatoms. The van der Waals surface area contributed by atoms with Crippen LogP contribution in [0.1, 0.15) is 102 Å². The Morgan fingerprint density at radius 3 is 2.19 bits per heavy atom. The second-order valence-electron chi connectivity index (χ2n) is 11.2. The molecular formula is C31H49N5O6. The quantitative estimate of drug-likeness (QED) is 0.0817. The first-order valence-electron chi connectivity index (χ1n) is 15.4. The molecule has 0 aromatic heterocycles. The van der Waals surface area contributed by atoms with Crippen molar-refractivity contribution in [1.82, 2.24) is 21.4 Å². The first-order chi connectivity index (χ1) is 20.2. The van der Waals surface area contributed by atoms with Crippen LogP contribution in [0.2, 0.25) is 0 Å². The van der Waals surface area contributed by atoms with Gasteiger partial charge in [-0.05, 0) is 44.1 Å². The zero-order valence-electron chi connectivity index (χ0n) is 24.9. The first-order valence-corrected chi connectivity index (χ1v) is 15.4. The van der Waals surface area contributed by atoms with Crippen molar-refractivity contribution in [3.05, 3.63) is 35.9 Å². The third-order valence-electron chi connectivity index (χ3n) is 7.87. The van der Waals surface area contributed by atoms with Crippen LogP contribution in [-0.4, -0.2) is 58.8 Å². The van der Waals surface area contributed by atoms with Gasteiger partial charge in [0.1, 0.15) is 11.6 Å². The lowest BCUT2D eigenvalue weighted by Crippen LogP contribution is -2.64. The summed E-state index contributed by atoms with van der Waals surface area (Å²) in [6, 6.07) is 7.94. The van der Waals surface area contributed by atoms with Crippen LogP contribution in [0.25, 0.3) is 0 Å². The molecule has 0 unspecified atom stereocenters. The minimum atomic E-state index is -1.20. The van der Waals surface area contributed by atoms with Crippen LogP contribution < -0.4 is 27.2 Å². The van der Waals surface area contributed by atoms with E-state index in [-0.39, 0.29) is 24.7 Å². The molecule has 1 aromatic rings. The molecule has 1 aliphatic carbocycles. The highest BCUT2D eigenvalue weighted by Gasteiger charge is 2.43. The maximum Gasteiger partial charge on any atom is 0.246 e. The number of carbonyl (C=O) groups excluding carboxylic acids is 5. The van der Waals surface area contributed by atoms with Crippen LogP contribution in [0.15, 0.2) is 30.3 Å². The van der Waals surface area contributed by atoms with Gasteiger partial charge in [-0.1, -0.05) is 82.2 Å². The number of hydrogen-bond acceptors (Lipinski definition) is 7. The molecule has 1 fully saturated rings. The van der Waals surface area contributed by atoms with Crippen LogP contribution in [0.5, 0.6) is 0 Å². The fraction of sp³-hybridized carbons (Fsp3) is 0.645. The van der Waals surface area contributed by atoms with E-state index in [9.17, 15) is 24.0 Å². The topological polar surface area (TPSA) is 180 Å². The number of rotatable bonds is 19. The average Bonchev–Trinajstić information content (AvgIpc) is 3.00. The van der Waals surface area contributed by atoms with Gasteiger partial charge < -0.3 is 21.7 Å². The largest absolute Gasteiger partial charge is 0.344 e. The predicted molar refractivity (Wildman–Crippen MR) is 159 cm³/mol. The number of benzene rings is 1. The maximum absolute atomic E-state index is 13.9. The van der Waals surface area contributed by atoms with Crippen molar-refractivity contribution in [1.29, 1.82) is 0 Å². The predicted octanol–water partition coefficient (Wildman–Crippen LogP) is 2.58. The molecule has 1 aliphatic rings. The fourth-order valence-electron chi connectivity index (χ4n) is 5.39. The Kier molecular flexibility index (Phi) is 15.8. The smallest absolute Gasteiger partial charge is 0.246 e. The van der Waals surface area contributed by atoms with Gasteiger partial charge >= 0.3 is 0 Å². The number of nitrogens with two attached hydrogens (primary N) is 1. The SMILES string of the molecule is CCCCCC(=O)[C@H](Cc1ccccc1)NC(=O)C1(NC(=O)[C@H](CCCCCC(=O)NO)NC(=O)CN)CCCCC1. The Balaban J connectivity index is 2.18. The molecule has 0 saturated heterocycles. The number of unbranched alkanes of at least 4 members (excludes halogenated alkanes) is 4. The van der Waals surface area contributed by atoms with Crippen molar-refractivity contribution < 1.29 is 29.2 Å². The third-order valence-corrected chi connectivity index (χ3v) is 7.87. The number of nitrogens with one attached hydrogen (secondary N) is 4. The lowest BCUT2D eigenvalue weighted by Gasteiger charge is -2.38. The Morgan fingerprint density at radius 2 is 1.55 bits per heavy atom. The molecule has 0 aliphatic heterocycles. The lowest BCUT2D eigenvalue weighted by molar-refractivity contribution is -0.138. The lowest BCUT2D eigenvalue weighted by atomic mass is 9.80. The highest BCUT2D eigenvalue weighted by atomic mass is 16.5. The van der Waals surface area contributed by atoms with Gasteiger partial charge in [-0.15, -0.1) is 0 Å². The summed E-state index contributed by atoms with van der Waals surface area (Å²) >= 11 is 0. The van der Waals surface area contributed by atoms with E-state index in [2.05, 4.69) is 22.9 Å². The standard InChI is InChI=1S/C31H49N5O6/c1-2-3-7-17-26(37)25(21-23-14-8-4-9-15-23)34-30(41)31(19-12-6-13-20-31)35-29(40)24(33-28(39)22-32)16-10-5-11-18-27(38)36-42/h4,8-9,14-15,24-25,42H,2-3,5-7,10-13,16-22,32H2,1H3,(H,33,39)(H,34,41)(H,35,40)(H,36,38)/t24-,25-/m0/s1. The Bertz CT molecular complexity index is 1010. The molecular weight excluding hydrogens is 538 g/mol. The second kappa shape index (κ2) is 19.0. The molecule has 42 heavy (non-hydrogen) atoms. The zero-order chi connectivity index (χ0) is 30.8. The summed E-state index contributed by atoms with van der Waals surface area (Å²) in [5.74, 6) is -1.85. The molecule has 11 nitrogen and oxygen atoms in total. The highest BCUT2D eigenvalue weighted by molar-refractivity contribution is 5.97. The Hall–Kier alpha value is -3.31. The monoisotopic (exact) mass is 587 g/mol. The van der Waals surface area contributed by atoms with Crippen LogP contribution in [0.4, 0.5) is 0 Å². The number of hydrogen-bond donors (Lipinski definition) is 6. The molecule has 2 atom stereocenters. The van der Waals surface area contributed by atoms with Crippen molar-refractivity contribution in [2.24, 2.45) is 5.73 Å². The van der Waals surface area contributed by atoms with Gasteiger partial charge in [0.2, 0.25) is 23.6 Å². The van der Waals surface area contributed by atoms with E-state index >= 15 is 0 Å². The minimum absolute atomic E-state index is 0.0269. The summed E-state index contributed by atoms with van der Waals surface area (Å²) < 4.78 is 0. The van der Waals surface area contributed by atoms with Gasteiger partial charge in [-0.3, -0.25) is 29.2 Å². The molecule has 1 aromatic carbocycles. The number of ketones is 1. The van der Waals surface area contributed by atoms with Gasteiger partial charge in [-0.2, -0.15) is 0 Å². The van der Waals surface area contributed by atoms with Gasteiger partial charge in [0.15, 0.2) is 5.78 Å². The molecule has 7 N–H and O–H groups in total. The van der Waals surface area contributed by atoms with Crippen molar-refractivity contribution >= 4 is 29.4 Å². The van der Waals surface area contributed by atoms with E-state index in [1.807, 2.05) is 30.3 Å². The van der Waals surface area contributed by atoms with Crippen LogP contribution in [0.3, 0.4) is 0 Å². The molecule has 0 spiro atoms. The summed E-state index contributed by atoms with van der Waals surface area (Å²) in [6.07, 6.45) is 8.78. The Morgan fingerprint density at radius 1 is 0.857 bits per heavy atom. The number of hydroxylamine groups is 1. The fourth-order valence-corrected chi connectivity index (χ4v) is 5.39. The van der Waals surface area contributed by atoms with Crippen molar-refractivity contribution in [3.63, 3.8) is 0 Å². The van der Waals surface area contributed by atoms with Gasteiger partial charge in [-0.25, -0.2) is 5.48 Å². The molecule has 4 amide bonds. The summed E-state index contributed by atoms with van der Waals surface area (Å²) in [5, 5.41) is 17.3. The average molecular weight is 588 g/mol. The van der Waals surface area contributed by atoms with E-state index in [4.69, 9.17) is 10.9 Å². The number of carbonyl (C=O) groups is 5. The van der Waals surface area contributed by atoms with E-state index in [1.54, 1.807) is 5.48 Å². The van der Waals surface area contributed by atoms with Crippen LogP contribution >= 0.6 is 0 Å². The van der Waals surface area contributed by atoms with Crippen LogP contribution in [-0.2, 0) is 30.4 Å². The number of amides is 4. The summed E-state index contributed by atoms with van der Waals surface area (Å²) in [7, 11) is 0. The van der Waals surface area contributed by atoms with Gasteiger partial charge in [0.05, 0.1) is 12.6 Å². The van der Waals surface area contributed by atoms with Crippen molar-refractivity contribution in [2.75, 3.05) is 6.54 Å². The van der Waals surface area contributed by atoms with Gasteiger partial charge in [0.25, 0.3) is 0 Å². The molecule has 0 radical (unpaired) electrons. The molecule has 0 heterocycles. The van der Waals surface area contributed by atoms with E-state index < -0.39 is 35.3 Å². The van der Waals surface area contributed by atoms with E-state index in [0.29, 0.717) is 51.4 Å². The minimum Gasteiger partial charge on any atom is -0.344 e. The van der Waals surface area contributed by atoms with E-state index in [0.717, 1.165) is 44.1 Å². The maximum atomic E-state index is 13.9. The van der Waals surface area contributed by atoms with E-state index in [1.165, 1.54) is 0 Å². The normalized spacial score (nSPS) is 15.6. The highest BCUT2D eigenvalue weighted by Crippen LogP contribution is 2.29. The second-order valence-corrected chi connectivity index (χ2v) is 11.2. The molecule has 2 rings (SSSR count). The Labute approximate surface area is 249 Å². The molecule has 0 bridgehead atoms. The first kappa shape index (κ1) is 34.9. The van der Waals surface area contributed by atoms with Crippen molar-refractivity contribution in [3.8, 4) is 0 Å². The third kappa shape index (κ3) is 11.9. The summed E-state index contributed by atoms with van der Waals surface area (Å²) in [5.41, 5.74) is 6.82. The number of Topliss-reactive ketones (excluding diaryl/α,β-unsaturated/α-hetero) is 1. The van der Waals surface area contributed by atoms with Gasteiger partial charge in [0, 0.05) is 12.8 Å².